The summed E-state index contributed by atoms with van der Waals surface area (Å²) in [6, 6.07) is 16.6. The smallest absolute Gasteiger partial charge is 0.328 e. The maximum Gasteiger partial charge on any atom is 0.328 e. The average molecular weight is 527 g/mol. The molecule has 3 aromatic carbocycles. The second-order valence-corrected chi connectivity index (χ2v) is 9.17. The van der Waals surface area contributed by atoms with Gasteiger partial charge < -0.3 is 15.4 Å². The lowest BCUT2D eigenvalue weighted by Crippen LogP contribution is -2.43. The molecule has 0 heterocycles. The number of halogens is 2. The molecule has 0 saturated carbocycles. The van der Waals surface area contributed by atoms with Gasteiger partial charge in [0.2, 0.25) is 0 Å². The molecule has 0 aliphatic carbocycles. The van der Waals surface area contributed by atoms with E-state index in [1.54, 1.807) is 42.5 Å². The molecule has 0 bridgehead atoms. The molecule has 1 atom stereocenters. The molecule has 6 nitrogen and oxygen atoms in total. The number of esters is 1. The number of carbonyl (C=O) groups excluding carboxylic acids is 3. The first-order valence-electron chi connectivity index (χ1n) is 11.6. The Hall–Kier alpha value is -3.35. The SMILES string of the molecule is CCCc1cccc(C)c1C(=O)N[C@@H](Cc1ccc(NC(=O)c2c(Cl)cccc2Cl)cc1)C(=O)OC. The summed E-state index contributed by atoms with van der Waals surface area (Å²) in [7, 11) is 1.29. The van der Waals surface area contributed by atoms with E-state index in [-0.39, 0.29) is 27.9 Å². The number of methoxy groups -OCH3 is 1. The fourth-order valence-corrected chi connectivity index (χ4v) is 4.53. The first kappa shape index (κ1) is 27.2. The van der Waals surface area contributed by atoms with Gasteiger partial charge in [-0.25, -0.2) is 4.79 Å². The third-order valence-electron chi connectivity index (χ3n) is 5.74. The predicted molar refractivity (Wildman–Crippen MR) is 143 cm³/mol. The van der Waals surface area contributed by atoms with Crippen LogP contribution in [0.3, 0.4) is 0 Å². The predicted octanol–water partition coefficient (Wildman–Crippen LogP) is 6.02. The van der Waals surface area contributed by atoms with Crippen LogP contribution in [0.5, 0.6) is 0 Å². The highest BCUT2D eigenvalue weighted by Gasteiger charge is 2.24. The maximum absolute atomic E-state index is 13.2. The Morgan fingerprint density at radius 3 is 2.14 bits per heavy atom. The third-order valence-corrected chi connectivity index (χ3v) is 6.37. The van der Waals surface area contributed by atoms with Crippen molar-refractivity contribution in [2.45, 2.75) is 39.2 Å². The van der Waals surface area contributed by atoms with Crippen LogP contribution >= 0.6 is 23.2 Å². The largest absolute Gasteiger partial charge is 0.467 e. The first-order chi connectivity index (χ1) is 17.2. The van der Waals surface area contributed by atoms with Crippen molar-refractivity contribution in [3.63, 3.8) is 0 Å². The van der Waals surface area contributed by atoms with E-state index >= 15 is 0 Å². The first-order valence-corrected chi connectivity index (χ1v) is 12.3. The van der Waals surface area contributed by atoms with Crippen molar-refractivity contribution in [2.75, 3.05) is 12.4 Å². The van der Waals surface area contributed by atoms with Crippen molar-refractivity contribution in [2.24, 2.45) is 0 Å². The van der Waals surface area contributed by atoms with Crippen molar-refractivity contribution in [1.29, 1.82) is 0 Å². The molecule has 3 rings (SSSR count). The van der Waals surface area contributed by atoms with Crippen molar-refractivity contribution in [1.82, 2.24) is 5.32 Å². The molecular formula is C28H28Cl2N2O4. The van der Waals surface area contributed by atoms with Crippen LogP contribution in [-0.4, -0.2) is 30.9 Å². The van der Waals surface area contributed by atoms with E-state index < -0.39 is 17.9 Å². The Kier molecular flexibility index (Phi) is 9.51. The Morgan fingerprint density at radius 2 is 1.53 bits per heavy atom. The van der Waals surface area contributed by atoms with Crippen LogP contribution in [0.2, 0.25) is 10.0 Å². The monoisotopic (exact) mass is 526 g/mol. The van der Waals surface area contributed by atoms with Crippen molar-refractivity contribution in [3.8, 4) is 0 Å². The Morgan fingerprint density at radius 1 is 0.889 bits per heavy atom. The van der Waals surface area contributed by atoms with Crippen LogP contribution in [0.15, 0.2) is 60.7 Å². The fraction of sp³-hybridized carbons (Fsp3) is 0.250. The van der Waals surface area contributed by atoms with Gasteiger partial charge in [-0.3, -0.25) is 9.59 Å². The minimum absolute atomic E-state index is 0.192. The van der Waals surface area contributed by atoms with Gasteiger partial charge in [-0.05, 0) is 54.3 Å². The van der Waals surface area contributed by atoms with Crippen molar-refractivity contribution >= 4 is 46.7 Å². The summed E-state index contributed by atoms with van der Waals surface area (Å²) in [6.45, 7) is 3.93. The second-order valence-electron chi connectivity index (χ2n) is 8.36. The van der Waals surface area contributed by atoms with Crippen LogP contribution in [0.25, 0.3) is 0 Å². The van der Waals surface area contributed by atoms with Gasteiger partial charge in [-0.2, -0.15) is 0 Å². The summed E-state index contributed by atoms with van der Waals surface area (Å²) in [4.78, 5) is 38.3. The van der Waals surface area contributed by atoms with Crippen LogP contribution in [0, 0.1) is 6.92 Å². The van der Waals surface area contributed by atoms with Crippen LogP contribution in [0.4, 0.5) is 5.69 Å². The minimum atomic E-state index is -0.876. The zero-order chi connectivity index (χ0) is 26.2. The van der Waals surface area contributed by atoms with Gasteiger partial charge in [0.05, 0.1) is 22.7 Å². The molecule has 2 amide bonds. The molecule has 0 saturated heterocycles. The lowest BCUT2D eigenvalue weighted by molar-refractivity contribution is -0.142. The fourth-order valence-electron chi connectivity index (χ4n) is 3.97. The molecule has 8 heteroatoms. The Bertz CT molecular complexity index is 1240. The van der Waals surface area contributed by atoms with Gasteiger partial charge >= 0.3 is 5.97 Å². The van der Waals surface area contributed by atoms with Crippen molar-refractivity contribution in [3.05, 3.63) is 98.5 Å². The number of rotatable bonds is 9. The molecule has 0 radical (unpaired) electrons. The summed E-state index contributed by atoms with van der Waals surface area (Å²) in [5.41, 5.74) is 3.88. The minimum Gasteiger partial charge on any atom is -0.467 e. The Labute approximate surface area is 220 Å². The molecular weight excluding hydrogens is 499 g/mol. The highest BCUT2D eigenvalue weighted by atomic mass is 35.5. The molecule has 0 unspecified atom stereocenters. The van der Waals surface area contributed by atoms with Gasteiger partial charge in [0.15, 0.2) is 0 Å². The quantitative estimate of drug-likeness (QED) is 0.334. The number of carbonyl (C=O) groups is 3. The van der Waals surface area contributed by atoms with E-state index in [9.17, 15) is 14.4 Å². The molecule has 0 spiro atoms. The maximum atomic E-state index is 13.2. The summed E-state index contributed by atoms with van der Waals surface area (Å²) >= 11 is 12.2. The molecule has 0 aromatic heterocycles. The number of nitrogens with one attached hydrogen (secondary N) is 2. The number of ether oxygens (including phenoxy) is 1. The van der Waals surface area contributed by atoms with Gasteiger partial charge in [0, 0.05) is 17.7 Å². The number of amides is 2. The molecule has 2 N–H and O–H groups in total. The number of aryl methyl sites for hydroxylation is 2. The number of hydrogen-bond donors (Lipinski definition) is 2. The summed E-state index contributed by atoms with van der Waals surface area (Å²) in [6.07, 6.45) is 1.88. The zero-order valence-electron chi connectivity index (χ0n) is 20.4. The number of anilines is 1. The highest BCUT2D eigenvalue weighted by Crippen LogP contribution is 2.25. The summed E-state index contributed by atoms with van der Waals surface area (Å²) in [5, 5.41) is 6.11. The lowest BCUT2D eigenvalue weighted by atomic mass is 9.97. The van der Waals surface area contributed by atoms with Gasteiger partial charge in [0.25, 0.3) is 11.8 Å². The molecule has 0 fully saturated rings. The summed E-state index contributed by atoms with van der Waals surface area (Å²) < 4.78 is 4.94. The van der Waals surface area contributed by atoms with E-state index in [4.69, 9.17) is 27.9 Å². The van der Waals surface area contributed by atoms with Gasteiger partial charge in [-0.1, -0.05) is 72.9 Å². The third kappa shape index (κ3) is 6.65. The molecule has 36 heavy (non-hydrogen) atoms. The van der Waals surface area contributed by atoms with E-state index in [0.717, 1.165) is 29.5 Å². The standard InChI is InChI=1S/C28H28Cl2N2O4/c1-4-7-19-9-5-8-17(2)24(19)26(33)32-23(28(35)36-3)16-18-12-14-20(15-13-18)31-27(34)25-21(29)10-6-11-22(25)30/h5-6,8-15,23H,4,7,16H2,1-3H3,(H,31,34)(H,32,33)/t23-/m0/s1. The molecule has 3 aromatic rings. The molecule has 188 valence electrons. The van der Waals surface area contributed by atoms with Crippen LogP contribution < -0.4 is 10.6 Å². The van der Waals surface area contributed by atoms with E-state index in [1.165, 1.54) is 7.11 Å². The van der Waals surface area contributed by atoms with Crippen LogP contribution in [0.1, 0.15) is 50.8 Å². The normalized spacial score (nSPS) is 11.5. The molecule has 0 aliphatic heterocycles. The lowest BCUT2D eigenvalue weighted by Gasteiger charge is -2.19. The summed E-state index contributed by atoms with van der Waals surface area (Å²) in [5.74, 6) is -1.29. The number of hydrogen-bond acceptors (Lipinski definition) is 4. The van der Waals surface area contributed by atoms with E-state index in [0.29, 0.717) is 11.3 Å². The second kappa shape index (κ2) is 12.6. The topological polar surface area (TPSA) is 84.5 Å². The highest BCUT2D eigenvalue weighted by molar-refractivity contribution is 6.40. The Balaban J connectivity index is 1.74. The molecule has 0 aliphatic rings. The van der Waals surface area contributed by atoms with Gasteiger partial charge in [-0.15, -0.1) is 0 Å². The zero-order valence-corrected chi connectivity index (χ0v) is 21.9. The van der Waals surface area contributed by atoms with Crippen molar-refractivity contribution < 1.29 is 19.1 Å². The van der Waals surface area contributed by atoms with Gasteiger partial charge in [0.1, 0.15) is 6.04 Å². The van der Waals surface area contributed by atoms with Crippen LogP contribution in [-0.2, 0) is 22.4 Å². The average Bonchev–Trinajstić information content (AvgIpc) is 2.84. The van der Waals surface area contributed by atoms with E-state index in [2.05, 4.69) is 17.6 Å². The van der Waals surface area contributed by atoms with E-state index in [1.807, 2.05) is 25.1 Å². The number of benzene rings is 3.